The third-order valence-electron chi connectivity index (χ3n) is 6.27. The van der Waals surface area contributed by atoms with Crippen molar-refractivity contribution in [3.63, 3.8) is 0 Å². The molecule has 2 aliphatic heterocycles. The first kappa shape index (κ1) is 19.2. The highest BCUT2D eigenvalue weighted by Crippen LogP contribution is 2.44. The van der Waals surface area contributed by atoms with E-state index in [-0.39, 0.29) is 30.3 Å². The van der Waals surface area contributed by atoms with Crippen LogP contribution in [0.15, 0.2) is 59.5 Å². The van der Waals surface area contributed by atoms with Gasteiger partial charge in [-0.2, -0.15) is 0 Å². The maximum Gasteiger partial charge on any atom is 0.325 e. The third kappa shape index (κ3) is 3.08. The van der Waals surface area contributed by atoms with E-state index in [1.807, 2.05) is 54.6 Å². The Labute approximate surface area is 179 Å². The summed E-state index contributed by atoms with van der Waals surface area (Å²) in [5, 5.41) is 2.82. The maximum absolute atomic E-state index is 13.5. The molecule has 2 heterocycles. The fourth-order valence-electron chi connectivity index (χ4n) is 4.43. The van der Waals surface area contributed by atoms with Gasteiger partial charge in [0.2, 0.25) is 5.91 Å². The highest BCUT2D eigenvalue weighted by molar-refractivity contribution is 7.99. The minimum atomic E-state index is -0.883. The highest BCUT2D eigenvalue weighted by atomic mass is 32.2. The molecule has 4 amide bonds. The van der Waals surface area contributed by atoms with E-state index in [0.717, 1.165) is 33.9 Å². The summed E-state index contributed by atoms with van der Waals surface area (Å²) in [5.41, 5.74) is 0.976. The number of rotatable bonds is 4. The quantitative estimate of drug-likeness (QED) is 0.766. The monoisotopic (exact) mass is 421 g/mol. The van der Waals surface area contributed by atoms with Gasteiger partial charge in [0, 0.05) is 10.6 Å². The van der Waals surface area contributed by atoms with Crippen LogP contribution >= 0.6 is 11.8 Å². The summed E-state index contributed by atoms with van der Waals surface area (Å²) in [6.07, 6.45) is 1.86. The molecule has 5 rings (SSSR count). The average molecular weight is 422 g/mol. The van der Waals surface area contributed by atoms with Crippen LogP contribution in [0.5, 0.6) is 0 Å². The number of imide groups is 1. The Kier molecular flexibility index (Phi) is 4.58. The lowest BCUT2D eigenvalue weighted by atomic mass is 9.96. The number of carbonyl (C=O) groups excluding carboxylic acids is 3. The molecule has 1 aliphatic carbocycles. The number of hydrogen-bond acceptors (Lipinski definition) is 4. The number of urea groups is 1. The molecule has 2 atom stereocenters. The van der Waals surface area contributed by atoms with Crippen LogP contribution in [-0.4, -0.2) is 40.6 Å². The molecule has 30 heavy (non-hydrogen) atoms. The van der Waals surface area contributed by atoms with Gasteiger partial charge in [-0.3, -0.25) is 14.5 Å². The molecule has 0 bridgehead atoms. The summed E-state index contributed by atoms with van der Waals surface area (Å²) in [5.74, 6) is 0.338. The first-order valence-corrected chi connectivity index (χ1v) is 11.2. The minimum Gasteiger partial charge on any atom is -0.323 e. The average Bonchev–Trinajstić information content (AvgIpc) is 3.59. The largest absolute Gasteiger partial charge is 0.325 e. The number of thioether (sulfide) groups is 1. The van der Waals surface area contributed by atoms with Crippen molar-refractivity contribution in [1.82, 2.24) is 10.2 Å². The number of amides is 4. The van der Waals surface area contributed by atoms with Gasteiger partial charge in [-0.05, 0) is 43.4 Å². The molecular weight excluding hydrogens is 398 g/mol. The second kappa shape index (κ2) is 7.16. The molecule has 0 spiro atoms. The Bertz CT molecular complexity index is 1020. The standard InChI is InChI=1S/C23H23N3O3S/c1-23(16-11-12-16)21(28)25(22(29)24-23)13-20(27)26-17-9-5-6-10-19(17)30-14-18(26)15-7-3-2-4-8-15/h2-10,16,18H,11-14H2,1H3,(H,24,29)/t18-,23-/m1/s1. The number of benzene rings is 2. The fourth-order valence-corrected chi connectivity index (χ4v) is 5.59. The van der Waals surface area contributed by atoms with Crippen LogP contribution in [0.4, 0.5) is 10.5 Å². The van der Waals surface area contributed by atoms with Gasteiger partial charge in [0.25, 0.3) is 5.91 Å². The van der Waals surface area contributed by atoms with Crippen molar-refractivity contribution in [2.45, 2.75) is 36.2 Å². The Hall–Kier alpha value is -2.80. The number of para-hydroxylation sites is 1. The predicted molar refractivity (Wildman–Crippen MR) is 115 cm³/mol. The van der Waals surface area contributed by atoms with Crippen molar-refractivity contribution in [3.8, 4) is 0 Å². The van der Waals surface area contributed by atoms with Crippen LogP contribution in [0.25, 0.3) is 0 Å². The van der Waals surface area contributed by atoms with Crippen molar-refractivity contribution in [2.75, 3.05) is 17.2 Å². The van der Waals surface area contributed by atoms with E-state index in [1.54, 1.807) is 23.6 Å². The Balaban J connectivity index is 1.46. The number of carbonyl (C=O) groups is 3. The van der Waals surface area contributed by atoms with Crippen LogP contribution in [0, 0.1) is 5.92 Å². The predicted octanol–water partition coefficient (Wildman–Crippen LogP) is 3.59. The van der Waals surface area contributed by atoms with E-state index < -0.39 is 11.6 Å². The van der Waals surface area contributed by atoms with Gasteiger partial charge in [0.05, 0.1) is 11.7 Å². The molecule has 1 saturated carbocycles. The molecular formula is C23H23N3O3S. The highest BCUT2D eigenvalue weighted by Gasteiger charge is 2.56. The molecule has 154 valence electrons. The second-order valence-electron chi connectivity index (χ2n) is 8.27. The number of hydrogen-bond donors (Lipinski definition) is 1. The lowest BCUT2D eigenvalue weighted by Crippen LogP contribution is -2.48. The second-order valence-corrected chi connectivity index (χ2v) is 9.33. The zero-order chi connectivity index (χ0) is 20.9. The molecule has 6 nitrogen and oxygen atoms in total. The van der Waals surface area contributed by atoms with Crippen LogP contribution in [0.2, 0.25) is 0 Å². The van der Waals surface area contributed by atoms with Crippen LogP contribution < -0.4 is 10.2 Å². The molecule has 2 fully saturated rings. The fraction of sp³-hybridized carbons (Fsp3) is 0.348. The summed E-state index contributed by atoms with van der Waals surface area (Å²) in [4.78, 5) is 43.0. The van der Waals surface area contributed by atoms with Crippen molar-refractivity contribution < 1.29 is 14.4 Å². The molecule has 7 heteroatoms. The molecule has 0 unspecified atom stereocenters. The van der Waals surface area contributed by atoms with Gasteiger partial charge in [-0.15, -0.1) is 11.8 Å². The van der Waals surface area contributed by atoms with Crippen molar-refractivity contribution in [2.24, 2.45) is 5.92 Å². The first-order valence-electron chi connectivity index (χ1n) is 10.2. The zero-order valence-corrected chi connectivity index (χ0v) is 17.5. The Morgan fingerprint density at radius 2 is 1.80 bits per heavy atom. The summed E-state index contributed by atoms with van der Waals surface area (Å²) in [6, 6.07) is 17.0. The number of anilines is 1. The van der Waals surface area contributed by atoms with Gasteiger partial charge < -0.3 is 10.2 Å². The summed E-state index contributed by atoms with van der Waals surface area (Å²) in [7, 11) is 0. The van der Waals surface area contributed by atoms with Crippen LogP contribution in [0.1, 0.15) is 31.4 Å². The molecule has 3 aliphatic rings. The minimum absolute atomic E-state index is 0.158. The third-order valence-corrected chi connectivity index (χ3v) is 7.41. The number of nitrogens with zero attached hydrogens (tertiary/aromatic N) is 2. The first-order chi connectivity index (χ1) is 14.5. The van der Waals surface area contributed by atoms with E-state index in [4.69, 9.17) is 0 Å². The van der Waals surface area contributed by atoms with Crippen LogP contribution in [0.3, 0.4) is 0 Å². The Morgan fingerprint density at radius 1 is 1.10 bits per heavy atom. The zero-order valence-electron chi connectivity index (χ0n) is 16.7. The molecule has 1 N–H and O–H groups in total. The SMILES string of the molecule is C[C@]1(C2CC2)NC(=O)N(CC(=O)N2c3ccccc3SC[C@@H]2c2ccccc2)C1=O. The van der Waals surface area contributed by atoms with Crippen molar-refractivity contribution >= 4 is 35.3 Å². The van der Waals surface area contributed by atoms with Gasteiger partial charge in [-0.25, -0.2) is 4.79 Å². The van der Waals surface area contributed by atoms with E-state index in [2.05, 4.69) is 5.32 Å². The summed E-state index contributed by atoms with van der Waals surface area (Å²) >= 11 is 1.71. The molecule has 2 aromatic carbocycles. The summed E-state index contributed by atoms with van der Waals surface area (Å²) < 4.78 is 0. The lowest BCUT2D eigenvalue weighted by Gasteiger charge is -2.37. The van der Waals surface area contributed by atoms with Crippen molar-refractivity contribution in [3.05, 3.63) is 60.2 Å². The molecule has 0 aromatic heterocycles. The summed E-state index contributed by atoms with van der Waals surface area (Å²) in [6.45, 7) is 1.52. The Morgan fingerprint density at radius 3 is 2.53 bits per heavy atom. The van der Waals surface area contributed by atoms with Crippen molar-refractivity contribution in [1.29, 1.82) is 0 Å². The van der Waals surface area contributed by atoms with Gasteiger partial charge >= 0.3 is 6.03 Å². The lowest BCUT2D eigenvalue weighted by molar-refractivity contribution is -0.134. The number of fused-ring (bicyclic) bond motifs is 1. The van der Waals surface area contributed by atoms with E-state index in [0.29, 0.717) is 5.75 Å². The van der Waals surface area contributed by atoms with E-state index >= 15 is 0 Å². The maximum atomic E-state index is 13.5. The topological polar surface area (TPSA) is 69.7 Å². The molecule has 0 radical (unpaired) electrons. The van der Waals surface area contributed by atoms with E-state index in [9.17, 15) is 14.4 Å². The molecule has 2 aromatic rings. The van der Waals surface area contributed by atoms with Gasteiger partial charge in [-0.1, -0.05) is 42.5 Å². The van der Waals surface area contributed by atoms with Gasteiger partial charge in [0.1, 0.15) is 12.1 Å². The number of nitrogens with one attached hydrogen (secondary N) is 1. The smallest absolute Gasteiger partial charge is 0.323 e. The van der Waals surface area contributed by atoms with Crippen LogP contribution in [-0.2, 0) is 9.59 Å². The van der Waals surface area contributed by atoms with E-state index in [1.165, 1.54) is 0 Å². The molecule has 1 saturated heterocycles. The van der Waals surface area contributed by atoms with Gasteiger partial charge in [0.15, 0.2) is 0 Å². The normalized spacial score (nSPS) is 25.8.